The Bertz CT molecular complexity index is 845. The van der Waals surface area contributed by atoms with E-state index in [9.17, 15) is 4.79 Å². The number of nitrogens with zero attached hydrogens (tertiary/aromatic N) is 3. The predicted molar refractivity (Wildman–Crippen MR) is 89.9 cm³/mol. The first kappa shape index (κ1) is 15.5. The first-order valence-corrected chi connectivity index (χ1v) is 7.81. The van der Waals surface area contributed by atoms with Crippen LogP contribution in [0.2, 0.25) is 0 Å². The van der Waals surface area contributed by atoms with Crippen LogP contribution in [0.25, 0.3) is 5.69 Å². The van der Waals surface area contributed by atoms with Crippen molar-refractivity contribution in [1.82, 2.24) is 14.9 Å². The Kier molecular flexibility index (Phi) is 4.04. The molecular formula is C16H15BrN4O2. The summed E-state index contributed by atoms with van der Waals surface area (Å²) in [5, 5.41) is 11.0. The number of hydrogen-bond donors (Lipinski definition) is 1. The highest BCUT2D eigenvalue weighted by Crippen LogP contribution is 2.21. The molecule has 0 radical (unpaired) electrons. The van der Waals surface area contributed by atoms with Gasteiger partial charge in [-0.3, -0.25) is 4.79 Å². The molecule has 7 heteroatoms. The number of hydrogen-bond acceptors (Lipinski definition) is 4. The summed E-state index contributed by atoms with van der Waals surface area (Å²) in [6.07, 6.45) is 1.56. The maximum atomic E-state index is 12.5. The third-order valence-electron chi connectivity index (χ3n) is 3.60. The smallest absolute Gasteiger partial charge is 0.259 e. The van der Waals surface area contributed by atoms with Crippen molar-refractivity contribution >= 4 is 27.5 Å². The van der Waals surface area contributed by atoms with Crippen LogP contribution >= 0.6 is 15.9 Å². The summed E-state index contributed by atoms with van der Waals surface area (Å²) in [6, 6.07) is 7.72. The van der Waals surface area contributed by atoms with Crippen LogP contribution in [0.1, 0.15) is 27.5 Å². The quantitative estimate of drug-likeness (QED) is 0.756. The van der Waals surface area contributed by atoms with Crippen LogP contribution in [0.15, 0.2) is 39.5 Å². The minimum atomic E-state index is -0.236. The van der Waals surface area contributed by atoms with Crippen molar-refractivity contribution in [2.24, 2.45) is 0 Å². The number of halogens is 1. The maximum Gasteiger partial charge on any atom is 0.259 e. The van der Waals surface area contributed by atoms with E-state index in [1.807, 2.05) is 31.2 Å². The molecule has 3 aromatic rings. The molecule has 0 saturated carbocycles. The van der Waals surface area contributed by atoms with E-state index < -0.39 is 0 Å². The molecule has 1 aromatic carbocycles. The minimum absolute atomic E-state index is 0.236. The van der Waals surface area contributed by atoms with Gasteiger partial charge in [-0.2, -0.15) is 5.10 Å². The molecule has 118 valence electrons. The molecule has 0 spiro atoms. The predicted octanol–water partition coefficient (Wildman–Crippen LogP) is 3.80. The van der Waals surface area contributed by atoms with Crippen LogP contribution in [-0.2, 0) is 0 Å². The number of aryl methyl sites for hydroxylation is 2. The van der Waals surface area contributed by atoms with E-state index in [2.05, 4.69) is 31.5 Å². The fourth-order valence-corrected chi connectivity index (χ4v) is 2.58. The van der Waals surface area contributed by atoms with Gasteiger partial charge < -0.3 is 9.84 Å². The Morgan fingerprint density at radius 2 is 1.91 bits per heavy atom. The molecule has 1 N–H and O–H groups in total. The fraction of sp³-hybridized carbons (Fsp3) is 0.188. The molecule has 0 fully saturated rings. The lowest BCUT2D eigenvalue weighted by atomic mass is 10.2. The topological polar surface area (TPSA) is 73.0 Å². The van der Waals surface area contributed by atoms with E-state index in [0.717, 1.165) is 15.9 Å². The van der Waals surface area contributed by atoms with E-state index in [1.54, 1.807) is 24.7 Å². The number of carbonyl (C=O) groups is 1. The van der Waals surface area contributed by atoms with Gasteiger partial charge in [-0.25, -0.2) is 4.68 Å². The summed E-state index contributed by atoms with van der Waals surface area (Å²) in [4.78, 5) is 12.5. The van der Waals surface area contributed by atoms with Gasteiger partial charge >= 0.3 is 0 Å². The van der Waals surface area contributed by atoms with Crippen molar-refractivity contribution in [2.75, 3.05) is 5.32 Å². The summed E-state index contributed by atoms with van der Waals surface area (Å²) in [6.45, 7) is 5.40. The van der Waals surface area contributed by atoms with Crippen molar-refractivity contribution in [2.45, 2.75) is 20.8 Å². The van der Waals surface area contributed by atoms with E-state index in [1.165, 1.54) is 0 Å². The number of carbonyl (C=O) groups excluding carboxylic acids is 1. The first-order chi connectivity index (χ1) is 11.0. The van der Waals surface area contributed by atoms with Crippen LogP contribution in [0.3, 0.4) is 0 Å². The Labute approximate surface area is 141 Å². The molecule has 6 nitrogen and oxygen atoms in total. The molecule has 0 aliphatic rings. The summed E-state index contributed by atoms with van der Waals surface area (Å²) in [5.41, 5.74) is 3.41. The Hall–Kier alpha value is -2.41. The standard InChI is InChI=1S/C16H15BrN4O2/c1-9-15(11(3)23-20-9)19-16(22)14-8-18-21(10(14)2)13-6-4-12(17)5-7-13/h4-8H,1-3H3,(H,19,22). The second-order valence-electron chi connectivity index (χ2n) is 5.19. The highest BCUT2D eigenvalue weighted by molar-refractivity contribution is 9.10. The van der Waals surface area contributed by atoms with E-state index in [4.69, 9.17) is 4.52 Å². The van der Waals surface area contributed by atoms with Crippen molar-refractivity contribution < 1.29 is 9.32 Å². The van der Waals surface area contributed by atoms with Gasteiger partial charge in [-0.15, -0.1) is 0 Å². The van der Waals surface area contributed by atoms with Crippen LogP contribution in [0, 0.1) is 20.8 Å². The van der Waals surface area contributed by atoms with Gasteiger partial charge in [0.1, 0.15) is 11.4 Å². The molecule has 2 heterocycles. The molecule has 0 bridgehead atoms. The molecule has 2 aromatic heterocycles. The molecule has 1 amide bonds. The van der Waals surface area contributed by atoms with Gasteiger partial charge in [0.2, 0.25) is 0 Å². The first-order valence-electron chi connectivity index (χ1n) is 7.02. The average molecular weight is 375 g/mol. The van der Waals surface area contributed by atoms with Gasteiger partial charge in [0.15, 0.2) is 5.76 Å². The number of benzene rings is 1. The molecule has 0 saturated heterocycles. The second-order valence-corrected chi connectivity index (χ2v) is 6.10. The largest absolute Gasteiger partial charge is 0.359 e. The number of aromatic nitrogens is 3. The van der Waals surface area contributed by atoms with Crippen LogP contribution < -0.4 is 5.32 Å². The summed E-state index contributed by atoms with van der Waals surface area (Å²) < 4.78 is 7.78. The number of rotatable bonds is 3. The zero-order valence-corrected chi connectivity index (χ0v) is 14.5. The van der Waals surface area contributed by atoms with Gasteiger partial charge in [0.05, 0.1) is 23.1 Å². The summed E-state index contributed by atoms with van der Waals surface area (Å²) in [5.74, 6) is 0.342. The van der Waals surface area contributed by atoms with E-state index in [0.29, 0.717) is 22.7 Å². The minimum Gasteiger partial charge on any atom is -0.359 e. The molecular weight excluding hydrogens is 360 g/mol. The normalized spacial score (nSPS) is 10.8. The van der Waals surface area contributed by atoms with Crippen LogP contribution in [0.4, 0.5) is 5.69 Å². The number of anilines is 1. The molecule has 3 rings (SSSR count). The molecule has 0 unspecified atom stereocenters. The maximum absolute atomic E-state index is 12.5. The van der Waals surface area contributed by atoms with Gasteiger partial charge in [-0.1, -0.05) is 21.1 Å². The molecule has 0 aliphatic heterocycles. The van der Waals surface area contributed by atoms with Crippen LogP contribution in [-0.4, -0.2) is 20.8 Å². The SMILES string of the molecule is Cc1noc(C)c1NC(=O)c1cnn(-c2ccc(Br)cc2)c1C. The lowest BCUT2D eigenvalue weighted by molar-refractivity contribution is 0.102. The Morgan fingerprint density at radius 3 is 2.52 bits per heavy atom. The highest BCUT2D eigenvalue weighted by atomic mass is 79.9. The highest BCUT2D eigenvalue weighted by Gasteiger charge is 2.18. The zero-order chi connectivity index (χ0) is 16.6. The van der Waals surface area contributed by atoms with Crippen molar-refractivity contribution in [3.63, 3.8) is 0 Å². The van der Waals surface area contributed by atoms with Gasteiger partial charge in [-0.05, 0) is 45.0 Å². The Balaban J connectivity index is 1.89. The third-order valence-corrected chi connectivity index (χ3v) is 4.13. The molecule has 0 aliphatic carbocycles. The van der Waals surface area contributed by atoms with Gasteiger partial charge in [0, 0.05) is 4.47 Å². The lowest BCUT2D eigenvalue weighted by Gasteiger charge is -2.06. The Morgan fingerprint density at radius 1 is 1.22 bits per heavy atom. The molecule has 23 heavy (non-hydrogen) atoms. The van der Waals surface area contributed by atoms with E-state index >= 15 is 0 Å². The number of nitrogens with one attached hydrogen (secondary N) is 1. The lowest BCUT2D eigenvalue weighted by Crippen LogP contribution is -2.14. The summed E-state index contributed by atoms with van der Waals surface area (Å²) >= 11 is 3.40. The van der Waals surface area contributed by atoms with Crippen molar-refractivity contribution in [1.29, 1.82) is 0 Å². The number of amides is 1. The zero-order valence-electron chi connectivity index (χ0n) is 12.9. The monoisotopic (exact) mass is 374 g/mol. The summed E-state index contributed by atoms with van der Waals surface area (Å²) in [7, 11) is 0. The fourth-order valence-electron chi connectivity index (χ4n) is 2.32. The second kappa shape index (κ2) is 6.00. The van der Waals surface area contributed by atoms with Crippen molar-refractivity contribution in [3.05, 3.63) is 57.6 Å². The van der Waals surface area contributed by atoms with Gasteiger partial charge in [0.25, 0.3) is 5.91 Å². The van der Waals surface area contributed by atoms with Crippen molar-refractivity contribution in [3.8, 4) is 5.69 Å². The van der Waals surface area contributed by atoms with Crippen LogP contribution in [0.5, 0.6) is 0 Å². The third kappa shape index (κ3) is 2.92. The average Bonchev–Trinajstić information content (AvgIpc) is 3.05. The van der Waals surface area contributed by atoms with E-state index in [-0.39, 0.29) is 5.91 Å². The molecule has 0 atom stereocenters.